The van der Waals surface area contributed by atoms with Gasteiger partial charge in [-0.15, -0.1) is 0 Å². The molecule has 1 aliphatic heterocycles. The summed E-state index contributed by atoms with van der Waals surface area (Å²) in [6, 6.07) is 13.4. The first kappa shape index (κ1) is 21.8. The van der Waals surface area contributed by atoms with Crippen molar-refractivity contribution in [2.45, 2.75) is 37.5 Å². The molecule has 1 heterocycles. The number of carbonyl (C=O) groups excluding carboxylic acids is 1. The first-order chi connectivity index (χ1) is 15.0. The molecule has 0 saturated heterocycles. The van der Waals surface area contributed by atoms with Crippen LogP contribution >= 0.6 is 0 Å². The summed E-state index contributed by atoms with van der Waals surface area (Å²) in [5, 5.41) is 11.8. The Balaban J connectivity index is 2.03. The van der Waals surface area contributed by atoms with E-state index in [0.717, 1.165) is 0 Å². The lowest BCUT2D eigenvalue weighted by atomic mass is 9.71. The third-order valence-corrected chi connectivity index (χ3v) is 7.60. The number of sulfone groups is 1. The van der Waals surface area contributed by atoms with Gasteiger partial charge in [-0.25, -0.2) is 8.42 Å². The minimum Gasteiger partial charge on any atom is -0.444 e. The van der Waals surface area contributed by atoms with Gasteiger partial charge in [0.05, 0.1) is 15.7 Å². The van der Waals surface area contributed by atoms with E-state index in [1.807, 2.05) is 13.8 Å². The van der Waals surface area contributed by atoms with Gasteiger partial charge in [0.25, 0.3) is 5.69 Å². The Morgan fingerprint density at radius 1 is 1.06 bits per heavy atom. The summed E-state index contributed by atoms with van der Waals surface area (Å²) in [5.41, 5.74) is 5.64. The summed E-state index contributed by atoms with van der Waals surface area (Å²) in [7, 11) is -4.23. The molecule has 2 aliphatic rings. The van der Waals surface area contributed by atoms with Gasteiger partial charge in [-0.2, -0.15) is 0 Å². The van der Waals surface area contributed by atoms with E-state index in [0.29, 0.717) is 6.42 Å². The first-order valence-electron chi connectivity index (χ1n) is 10.00. The van der Waals surface area contributed by atoms with Gasteiger partial charge in [0, 0.05) is 30.0 Å². The highest BCUT2D eigenvalue weighted by Crippen LogP contribution is 2.51. The molecule has 8 nitrogen and oxygen atoms in total. The van der Waals surface area contributed by atoms with Crippen LogP contribution in [-0.2, 0) is 19.4 Å². The van der Waals surface area contributed by atoms with Crippen molar-refractivity contribution in [1.82, 2.24) is 0 Å². The maximum atomic E-state index is 13.6. The molecule has 0 fully saturated rings. The SMILES string of the molecule is CC1(C)CC(=O)C2=C(C1)OC(N)=C(S(=O)(=O)c1ccccc1)C2c1ccccc1[N+](=O)[O-]. The number of Topliss-reactive ketones (excluding diaryl/α,β-unsaturated/α-hetero) is 1. The molecule has 2 N–H and O–H groups in total. The van der Waals surface area contributed by atoms with Crippen molar-refractivity contribution < 1.29 is 22.9 Å². The molecule has 0 amide bonds. The van der Waals surface area contributed by atoms with Gasteiger partial charge >= 0.3 is 0 Å². The van der Waals surface area contributed by atoms with Gasteiger partial charge in [0.15, 0.2) is 5.78 Å². The standard InChI is InChI=1S/C23H22N2O6S/c1-23(2)12-17(26)20-18(13-23)31-22(24)21(32(29,30)14-8-4-3-5-9-14)19(20)15-10-6-7-11-16(15)25(27)28/h3-11,19H,12-13,24H2,1-2H3. The quantitative estimate of drug-likeness (QED) is 0.547. The van der Waals surface area contributed by atoms with Gasteiger partial charge in [-0.05, 0) is 17.5 Å². The average Bonchev–Trinajstić information content (AvgIpc) is 2.72. The second kappa shape index (κ2) is 7.59. The van der Waals surface area contributed by atoms with Crippen LogP contribution in [0.3, 0.4) is 0 Å². The predicted molar refractivity (Wildman–Crippen MR) is 117 cm³/mol. The Hall–Kier alpha value is -3.46. The summed E-state index contributed by atoms with van der Waals surface area (Å²) < 4.78 is 33.0. The zero-order chi connectivity index (χ0) is 23.3. The first-order valence-corrected chi connectivity index (χ1v) is 11.5. The van der Waals surface area contributed by atoms with E-state index >= 15 is 0 Å². The zero-order valence-corrected chi connectivity index (χ0v) is 18.4. The van der Waals surface area contributed by atoms with E-state index < -0.39 is 26.1 Å². The number of ketones is 1. The number of nitrogens with zero attached hydrogens (tertiary/aromatic N) is 1. The molecule has 1 unspecified atom stereocenters. The van der Waals surface area contributed by atoms with Crippen LogP contribution in [0.1, 0.15) is 38.2 Å². The highest BCUT2D eigenvalue weighted by atomic mass is 32.2. The fraction of sp³-hybridized carbons (Fsp3) is 0.261. The molecular weight excluding hydrogens is 432 g/mol. The maximum Gasteiger partial charge on any atom is 0.273 e. The van der Waals surface area contributed by atoms with Gasteiger partial charge in [0.2, 0.25) is 15.7 Å². The van der Waals surface area contributed by atoms with Crippen LogP contribution in [0.15, 0.2) is 81.6 Å². The van der Waals surface area contributed by atoms with Crippen LogP contribution in [0.25, 0.3) is 0 Å². The van der Waals surface area contributed by atoms with Crippen molar-refractivity contribution in [1.29, 1.82) is 0 Å². The molecule has 2 aromatic carbocycles. The molecule has 2 aromatic rings. The number of carbonyl (C=O) groups is 1. The second-order valence-corrected chi connectivity index (χ2v) is 10.6. The number of benzene rings is 2. The lowest BCUT2D eigenvalue weighted by Crippen LogP contribution is -2.35. The van der Waals surface area contributed by atoms with Crippen molar-refractivity contribution in [3.63, 3.8) is 0 Å². The normalized spacial score (nSPS) is 20.6. The summed E-state index contributed by atoms with van der Waals surface area (Å²) in [5.74, 6) is -1.66. The van der Waals surface area contributed by atoms with E-state index in [1.165, 1.54) is 30.3 Å². The Morgan fingerprint density at radius 2 is 1.69 bits per heavy atom. The lowest BCUT2D eigenvalue weighted by Gasteiger charge is -2.38. The van der Waals surface area contributed by atoms with E-state index in [9.17, 15) is 23.3 Å². The molecule has 0 radical (unpaired) electrons. The van der Waals surface area contributed by atoms with E-state index in [-0.39, 0.29) is 50.5 Å². The third-order valence-electron chi connectivity index (χ3n) is 5.69. The van der Waals surface area contributed by atoms with E-state index in [4.69, 9.17) is 10.5 Å². The number of nitro groups is 1. The second-order valence-electron chi connectivity index (χ2n) is 8.67. The Morgan fingerprint density at radius 3 is 2.34 bits per heavy atom. The molecule has 0 aromatic heterocycles. The molecule has 9 heteroatoms. The topological polar surface area (TPSA) is 130 Å². The number of nitro benzene ring substituents is 1. The van der Waals surface area contributed by atoms with Crippen molar-refractivity contribution in [3.8, 4) is 0 Å². The van der Waals surface area contributed by atoms with Gasteiger partial charge in [0.1, 0.15) is 10.7 Å². The predicted octanol–water partition coefficient (Wildman–Crippen LogP) is 3.95. The van der Waals surface area contributed by atoms with Crippen LogP contribution < -0.4 is 5.73 Å². The van der Waals surface area contributed by atoms with Gasteiger partial charge in [-0.1, -0.05) is 50.2 Å². The zero-order valence-electron chi connectivity index (χ0n) is 17.6. The van der Waals surface area contributed by atoms with Crippen molar-refractivity contribution in [2.75, 3.05) is 0 Å². The highest BCUT2D eigenvalue weighted by Gasteiger charge is 2.48. The molecule has 32 heavy (non-hydrogen) atoms. The van der Waals surface area contributed by atoms with E-state index in [2.05, 4.69) is 0 Å². The molecule has 1 atom stereocenters. The Kier molecular flexibility index (Phi) is 5.16. The van der Waals surface area contributed by atoms with Crippen LogP contribution in [0.2, 0.25) is 0 Å². The minimum absolute atomic E-state index is 0.0437. The Bertz CT molecular complexity index is 1290. The number of hydrogen-bond donors (Lipinski definition) is 1. The highest BCUT2D eigenvalue weighted by molar-refractivity contribution is 7.95. The largest absolute Gasteiger partial charge is 0.444 e. The number of hydrogen-bond acceptors (Lipinski definition) is 7. The summed E-state index contributed by atoms with van der Waals surface area (Å²) in [6.07, 6.45) is 0.509. The molecule has 0 saturated carbocycles. The van der Waals surface area contributed by atoms with E-state index in [1.54, 1.807) is 24.3 Å². The molecular formula is C23H22N2O6S. The van der Waals surface area contributed by atoms with Crippen molar-refractivity contribution in [2.24, 2.45) is 11.1 Å². The lowest BCUT2D eigenvalue weighted by molar-refractivity contribution is -0.385. The molecule has 4 rings (SSSR count). The van der Waals surface area contributed by atoms with Crippen LogP contribution in [0.4, 0.5) is 5.69 Å². The number of rotatable bonds is 4. The van der Waals surface area contributed by atoms with Gasteiger partial charge in [-0.3, -0.25) is 14.9 Å². The molecule has 1 aliphatic carbocycles. The van der Waals surface area contributed by atoms with Crippen LogP contribution in [0, 0.1) is 15.5 Å². The van der Waals surface area contributed by atoms with Crippen molar-refractivity contribution in [3.05, 3.63) is 92.4 Å². The third kappa shape index (κ3) is 3.58. The molecule has 0 spiro atoms. The smallest absolute Gasteiger partial charge is 0.273 e. The number of allylic oxidation sites excluding steroid dienone is 3. The minimum atomic E-state index is -4.23. The summed E-state index contributed by atoms with van der Waals surface area (Å²) in [4.78, 5) is 24.1. The van der Waals surface area contributed by atoms with Crippen LogP contribution in [0.5, 0.6) is 0 Å². The monoisotopic (exact) mass is 454 g/mol. The van der Waals surface area contributed by atoms with Crippen LogP contribution in [-0.4, -0.2) is 19.1 Å². The summed E-state index contributed by atoms with van der Waals surface area (Å²) >= 11 is 0. The fourth-order valence-corrected chi connectivity index (χ4v) is 5.99. The number of ether oxygens (including phenoxy) is 1. The number of nitrogens with two attached hydrogens (primary N) is 1. The molecule has 0 bridgehead atoms. The molecule has 166 valence electrons. The number of para-hydroxylation sites is 1. The Labute approximate surface area is 185 Å². The summed E-state index contributed by atoms with van der Waals surface area (Å²) in [6.45, 7) is 3.79. The maximum absolute atomic E-state index is 13.6. The average molecular weight is 455 g/mol. The van der Waals surface area contributed by atoms with Crippen molar-refractivity contribution >= 4 is 21.3 Å². The fourth-order valence-electron chi connectivity index (χ4n) is 4.36. The van der Waals surface area contributed by atoms with Gasteiger partial charge < -0.3 is 10.5 Å².